The molecule has 0 spiro atoms. The molecule has 2 aromatic carbocycles. The van der Waals surface area contributed by atoms with Crippen LogP contribution >= 0.6 is 15.9 Å². The fourth-order valence-corrected chi connectivity index (χ4v) is 3.65. The van der Waals surface area contributed by atoms with Crippen LogP contribution in [0.5, 0.6) is 0 Å². The second-order valence-corrected chi connectivity index (χ2v) is 7.68. The van der Waals surface area contributed by atoms with Gasteiger partial charge < -0.3 is 10.2 Å². The van der Waals surface area contributed by atoms with Crippen LogP contribution < -0.4 is 10.2 Å². The minimum atomic E-state index is 0.0322. The molecule has 0 aromatic heterocycles. The zero-order valence-corrected chi connectivity index (χ0v) is 16.7. The number of rotatable bonds is 4. The Bertz CT molecular complexity index is 786. The Labute approximate surface area is 162 Å². The Morgan fingerprint density at radius 3 is 2.23 bits per heavy atom. The highest BCUT2D eigenvalue weighted by Gasteiger charge is 2.25. The molecule has 1 aliphatic heterocycles. The van der Waals surface area contributed by atoms with Crippen LogP contribution in [-0.2, 0) is 4.79 Å². The number of nitrogens with one attached hydrogen (secondary N) is 1. The van der Waals surface area contributed by atoms with Crippen molar-refractivity contribution < 1.29 is 9.59 Å². The number of hydrogen-bond acceptors (Lipinski definition) is 3. The summed E-state index contributed by atoms with van der Waals surface area (Å²) in [5.41, 5.74) is 4.89. The smallest absolute Gasteiger partial charge is 0.227 e. The summed E-state index contributed by atoms with van der Waals surface area (Å²) in [6.45, 7) is 5.75. The molecule has 1 fully saturated rings. The lowest BCUT2D eigenvalue weighted by atomic mass is 9.95. The molecule has 0 unspecified atom stereocenters. The Kier molecular flexibility index (Phi) is 5.77. The minimum absolute atomic E-state index is 0.0322. The van der Waals surface area contributed by atoms with Crippen molar-refractivity contribution in [1.29, 1.82) is 0 Å². The van der Waals surface area contributed by atoms with Gasteiger partial charge in [0, 0.05) is 40.4 Å². The van der Waals surface area contributed by atoms with E-state index in [0.29, 0.717) is 5.56 Å². The molecule has 1 N–H and O–H groups in total. The minimum Gasteiger partial charge on any atom is -0.371 e. The molecule has 1 aliphatic rings. The molecule has 3 rings (SSSR count). The van der Waals surface area contributed by atoms with E-state index < -0.39 is 0 Å². The predicted molar refractivity (Wildman–Crippen MR) is 109 cm³/mol. The van der Waals surface area contributed by atoms with Crippen molar-refractivity contribution >= 4 is 39.5 Å². The first-order chi connectivity index (χ1) is 12.5. The third kappa shape index (κ3) is 4.15. The summed E-state index contributed by atoms with van der Waals surface area (Å²) in [6, 6.07) is 11.6. The first kappa shape index (κ1) is 18.6. The number of aryl methyl sites for hydroxylation is 2. The van der Waals surface area contributed by atoms with Gasteiger partial charge in [0.2, 0.25) is 5.91 Å². The van der Waals surface area contributed by atoms with E-state index in [4.69, 9.17) is 0 Å². The van der Waals surface area contributed by atoms with E-state index >= 15 is 0 Å². The van der Waals surface area contributed by atoms with Gasteiger partial charge in [0.05, 0.1) is 0 Å². The largest absolute Gasteiger partial charge is 0.371 e. The lowest BCUT2D eigenvalue weighted by Crippen LogP contribution is -2.38. The van der Waals surface area contributed by atoms with Crippen molar-refractivity contribution in [3.63, 3.8) is 0 Å². The van der Waals surface area contributed by atoms with E-state index in [0.717, 1.165) is 59.2 Å². The first-order valence-corrected chi connectivity index (χ1v) is 9.65. The number of halogens is 1. The standard InChI is InChI=1S/C21H23BrN2O2/c1-14-11-18(12-15(2)20(14)22)23-21(26)17-7-9-24(10-8-17)19-5-3-16(13-25)4-6-19/h3-6,11-13,17H,7-10H2,1-2H3,(H,23,26). The molecule has 0 saturated carbocycles. The zero-order chi connectivity index (χ0) is 18.7. The molecule has 4 nitrogen and oxygen atoms in total. The Morgan fingerprint density at radius 2 is 1.69 bits per heavy atom. The van der Waals surface area contributed by atoms with Crippen molar-refractivity contribution in [3.8, 4) is 0 Å². The summed E-state index contributed by atoms with van der Waals surface area (Å²) in [4.78, 5) is 25.7. The summed E-state index contributed by atoms with van der Waals surface area (Å²) in [7, 11) is 0. The molecule has 0 aliphatic carbocycles. The normalized spacial score (nSPS) is 15.0. The Hall–Kier alpha value is -2.14. The van der Waals surface area contributed by atoms with E-state index in [1.165, 1.54) is 0 Å². The Balaban J connectivity index is 1.58. The molecule has 5 heteroatoms. The van der Waals surface area contributed by atoms with Gasteiger partial charge in [0.1, 0.15) is 6.29 Å². The lowest BCUT2D eigenvalue weighted by molar-refractivity contribution is -0.120. The number of anilines is 2. The van der Waals surface area contributed by atoms with Crippen LogP contribution in [0.1, 0.15) is 34.3 Å². The number of piperidine rings is 1. The van der Waals surface area contributed by atoms with Crippen molar-refractivity contribution in [3.05, 3.63) is 57.6 Å². The van der Waals surface area contributed by atoms with Crippen LogP contribution in [0.25, 0.3) is 0 Å². The van der Waals surface area contributed by atoms with Gasteiger partial charge in [-0.1, -0.05) is 15.9 Å². The van der Waals surface area contributed by atoms with Gasteiger partial charge >= 0.3 is 0 Å². The number of aldehydes is 1. The SMILES string of the molecule is Cc1cc(NC(=O)C2CCN(c3ccc(C=O)cc3)CC2)cc(C)c1Br. The van der Waals surface area contributed by atoms with E-state index in [-0.39, 0.29) is 11.8 Å². The summed E-state index contributed by atoms with van der Waals surface area (Å²) in [5, 5.41) is 3.07. The highest BCUT2D eigenvalue weighted by atomic mass is 79.9. The predicted octanol–water partition coefficient (Wildman–Crippen LogP) is 4.73. The van der Waals surface area contributed by atoms with Crippen LogP contribution in [0.3, 0.4) is 0 Å². The van der Waals surface area contributed by atoms with Crippen molar-refractivity contribution in [2.75, 3.05) is 23.3 Å². The number of nitrogens with zero attached hydrogens (tertiary/aromatic N) is 1. The average Bonchev–Trinajstić information content (AvgIpc) is 2.66. The van der Waals surface area contributed by atoms with E-state index in [1.807, 2.05) is 50.2 Å². The second kappa shape index (κ2) is 8.04. The lowest BCUT2D eigenvalue weighted by Gasteiger charge is -2.33. The molecule has 1 amide bonds. The quantitative estimate of drug-likeness (QED) is 0.735. The molecule has 0 radical (unpaired) electrons. The fraction of sp³-hybridized carbons (Fsp3) is 0.333. The van der Waals surface area contributed by atoms with Crippen molar-refractivity contribution in [2.24, 2.45) is 5.92 Å². The summed E-state index contributed by atoms with van der Waals surface area (Å²) in [6.07, 6.45) is 2.51. The number of benzene rings is 2. The summed E-state index contributed by atoms with van der Waals surface area (Å²) < 4.78 is 1.09. The number of carbonyl (C=O) groups is 2. The summed E-state index contributed by atoms with van der Waals surface area (Å²) >= 11 is 3.56. The number of hydrogen-bond donors (Lipinski definition) is 1. The molecule has 26 heavy (non-hydrogen) atoms. The van der Waals surface area contributed by atoms with Crippen LogP contribution in [-0.4, -0.2) is 25.3 Å². The molecule has 1 heterocycles. The maximum absolute atomic E-state index is 12.6. The van der Waals surface area contributed by atoms with Crippen molar-refractivity contribution in [1.82, 2.24) is 0 Å². The highest BCUT2D eigenvalue weighted by molar-refractivity contribution is 9.10. The van der Waals surface area contributed by atoms with Gasteiger partial charge in [-0.05, 0) is 74.2 Å². The molecule has 0 bridgehead atoms. The third-order valence-corrected chi connectivity index (χ3v) is 6.21. The highest BCUT2D eigenvalue weighted by Crippen LogP contribution is 2.27. The zero-order valence-electron chi connectivity index (χ0n) is 15.1. The van der Waals surface area contributed by atoms with Crippen LogP contribution in [0, 0.1) is 19.8 Å². The molecular formula is C21H23BrN2O2. The third-order valence-electron chi connectivity index (χ3n) is 4.96. The topological polar surface area (TPSA) is 49.4 Å². The van der Waals surface area contributed by atoms with Crippen LogP contribution in [0.4, 0.5) is 11.4 Å². The maximum atomic E-state index is 12.6. The molecule has 0 atom stereocenters. The average molecular weight is 415 g/mol. The number of carbonyl (C=O) groups excluding carboxylic acids is 2. The van der Waals surface area contributed by atoms with Crippen LogP contribution in [0.2, 0.25) is 0 Å². The van der Waals surface area contributed by atoms with E-state index in [1.54, 1.807) is 0 Å². The van der Waals surface area contributed by atoms with Gasteiger partial charge in [-0.2, -0.15) is 0 Å². The first-order valence-electron chi connectivity index (χ1n) is 8.85. The fourth-order valence-electron chi connectivity index (χ4n) is 3.43. The number of amides is 1. The maximum Gasteiger partial charge on any atom is 0.227 e. The molecule has 1 saturated heterocycles. The summed E-state index contributed by atoms with van der Waals surface area (Å²) in [5.74, 6) is 0.131. The van der Waals surface area contributed by atoms with E-state index in [9.17, 15) is 9.59 Å². The molecule has 2 aromatic rings. The second-order valence-electron chi connectivity index (χ2n) is 6.88. The van der Waals surface area contributed by atoms with Gasteiger partial charge in [0.15, 0.2) is 0 Å². The monoisotopic (exact) mass is 414 g/mol. The van der Waals surface area contributed by atoms with Gasteiger partial charge in [-0.15, -0.1) is 0 Å². The van der Waals surface area contributed by atoms with Crippen molar-refractivity contribution in [2.45, 2.75) is 26.7 Å². The molecule has 136 valence electrons. The van der Waals surface area contributed by atoms with Gasteiger partial charge in [-0.25, -0.2) is 0 Å². The Morgan fingerprint density at radius 1 is 1.12 bits per heavy atom. The van der Waals surface area contributed by atoms with Gasteiger partial charge in [0.25, 0.3) is 0 Å². The van der Waals surface area contributed by atoms with E-state index in [2.05, 4.69) is 26.1 Å². The van der Waals surface area contributed by atoms with Gasteiger partial charge in [-0.3, -0.25) is 9.59 Å². The van der Waals surface area contributed by atoms with Crippen LogP contribution in [0.15, 0.2) is 40.9 Å². The molecular weight excluding hydrogens is 392 g/mol.